The van der Waals surface area contributed by atoms with Crippen LogP contribution in [0.2, 0.25) is 5.02 Å². The molecule has 0 saturated carbocycles. The number of carbonyl (C=O) groups is 1. The summed E-state index contributed by atoms with van der Waals surface area (Å²) in [6.07, 6.45) is 1.80. The number of hydrogen-bond acceptors (Lipinski definition) is 5. The molecule has 0 fully saturated rings. The molecule has 1 heterocycles. The van der Waals surface area contributed by atoms with Gasteiger partial charge < -0.3 is 9.47 Å². The van der Waals surface area contributed by atoms with Crippen LogP contribution in [0.15, 0.2) is 42.5 Å². The Balaban J connectivity index is 1.99. The first kappa shape index (κ1) is 20.2. The summed E-state index contributed by atoms with van der Waals surface area (Å²) >= 11 is 7.59. The van der Waals surface area contributed by atoms with Crippen LogP contribution in [-0.4, -0.2) is 25.1 Å². The smallest absolute Gasteiger partial charge is 0.258 e. The Bertz CT molecular complexity index is 988. The Morgan fingerprint density at radius 1 is 1.18 bits per heavy atom. The van der Waals surface area contributed by atoms with Crippen LogP contribution in [0.25, 0.3) is 11.3 Å². The molecule has 146 valence electrons. The lowest BCUT2D eigenvalue weighted by Crippen LogP contribution is -2.12. The van der Waals surface area contributed by atoms with Crippen LogP contribution < -0.4 is 14.8 Å². The number of rotatable bonds is 7. The van der Waals surface area contributed by atoms with Crippen molar-refractivity contribution < 1.29 is 14.3 Å². The molecule has 0 radical (unpaired) electrons. The lowest BCUT2D eigenvalue weighted by molar-refractivity contribution is 0.102. The van der Waals surface area contributed by atoms with Crippen LogP contribution >= 0.6 is 22.9 Å². The number of methoxy groups -OCH3 is 2. The fourth-order valence-electron chi connectivity index (χ4n) is 2.82. The molecule has 0 bridgehead atoms. The first-order chi connectivity index (χ1) is 13.6. The molecule has 3 rings (SSSR count). The maximum atomic E-state index is 12.6. The fraction of sp³-hybridized carbons (Fsp3) is 0.238. The van der Waals surface area contributed by atoms with E-state index in [1.54, 1.807) is 38.5 Å². The summed E-state index contributed by atoms with van der Waals surface area (Å²) in [5.41, 5.74) is 2.04. The molecule has 0 atom stereocenters. The molecule has 7 heteroatoms. The van der Waals surface area contributed by atoms with Gasteiger partial charge in [0.25, 0.3) is 5.91 Å². The number of nitrogens with one attached hydrogen (secondary N) is 1. The number of aromatic nitrogens is 1. The van der Waals surface area contributed by atoms with Crippen molar-refractivity contribution in [3.05, 3.63) is 57.9 Å². The van der Waals surface area contributed by atoms with E-state index in [9.17, 15) is 4.79 Å². The summed E-state index contributed by atoms with van der Waals surface area (Å²) in [4.78, 5) is 18.4. The number of aryl methyl sites for hydroxylation is 1. The number of carbonyl (C=O) groups excluding carboxylic acids is 1. The van der Waals surface area contributed by atoms with E-state index in [4.69, 9.17) is 21.1 Å². The zero-order valence-electron chi connectivity index (χ0n) is 15.9. The van der Waals surface area contributed by atoms with Gasteiger partial charge >= 0.3 is 0 Å². The van der Waals surface area contributed by atoms with Crippen LogP contribution in [-0.2, 0) is 6.42 Å². The van der Waals surface area contributed by atoms with Crippen molar-refractivity contribution in [2.24, 2.45) is 0 Å². The molecule has 3 aromatic rings. The van der Waals surface area contributed by atoms with Crippen molar-refractivity contribution in [3.63, 3.8) is 0 Å². The molecule has 0 spiro atoms. The average molecular weight is 417 g/mol. The van der Waals surface area contributed by atoms with E-state index in [1.807, 2.05) is 18.2 Å². The third kappa shape index (κ3) is 4.29. The summed E-state index contributed by atoms with van der Waals surface area (Å²) in [6, 6.07) is 12.5. The van der Waals surface area contributed by atoms with Crippen molar-refractivity contribution in [1.82, 2.24) is 4.98 Å². The van der Waals surface area contributed by atoms with E-state index in [2.05, 4.69) is 17.2 Å². The van der Waals surface area contributed by atoms with Crippen molar-refractivity contribution in [1.29, 1.82) is 0 Å². The standard InChI is InChI=1S/C21H21ClN2O3S/c1-4-7-18-19(15-12-13(26-2)10-11-17(15)27-3)23-21(28-18)24-20(25)14-8-5-6-9-16(14)22/h5-6,8-12H,4,7H2,1-3H3,(H,23,24,25). The van der Waals surface area contributed by atoms with Gasteiger partial charge in [0.05, 0.1) is 30.5 Å². The van der Waals surface area contributed by atoms with E-state index in [1.165, 1.54) is 11.3 Å². The van der Waals surface area contributed by atoms with E-state index >= 15 is 0 Å². The molecule has 0 aliphatic carbocycles. The van der Waals surface area contributed by atoms with Gasteiger partial charge in [0.2, 0.25) is 0 Å². The summed E-state index contributed by atoms with van der Waals surface area (Å²) in [5.74, 6) is 1.13. The minimum absolute atomic E-state index is 0.286. The van der Waals surface area contributed by atoms with E-state index in [0.29, 0.717) is 27.2 Å². The van der Waals surface area contributed by atoms with Crippen LogP contribution in [0.1, 0.15) is 28.6 Å². The molecule has 0 aliphatic rings. The Morgan fingerprint density at radius 2 is 1.96 bits per heavy atom. The van der Waals surface area contributed by atoms with Gasteiger partial charge in [-0.05, 0) is 36.8 Å². The number of amides is 1. The first-order valence-electron chi connectivity index (χ1n) is 8.85. The van der Waals surface area contributed by atoms with Gasteiger partial charge in [-0.25, -0.2) is 4.98 Å². The molecular weight excluding hydrogens is 396 g/mol. The van der Waals surface area contributed by atoms with E-state index in [0.717, 1.165) is 29.0 Å². The second kappa shape index (κ2) is 9.08. The second-order valence-corrected chi connectivity index (χ2v) is 7.53. The number of hydrogen-bond donors (Lipinski definition) is 1. The van der Waals surface area contributed by atoms with Gasteiger partial charge in [-0.2, -0.15) is 0 Å². The van der Waals surface area contributed by atoms with Gasteiger partial charge in [-0.15, -0.1) is 11.3 Å². The number of thiazole rings is 1. The minimum Gasteiger partial charge on any atom is -0.497 e. The van der Waals surface area contributed by atoms with Crippen LogP contribution in [0.5, 0.6) is 11.5 Å². The van der Waals surface area contributed by atoms with E-state index in [-0.39, 0.29) is 5.91 Å². The molecule has 28 heavy (non-hydrogen) atoms. The molecular formula is C21H21ClN2O3S. The zero-order valence-corrected chi connectivity index (χ0v) is 17.5. The van der Waals surface area contributed by atoms with Crippen molar-refractivity contribution in [2.45, 2.75) is 19.8 Å². The van der Waals surface area contributed by atoms with Crippen LogP contribution in [0.4, 0.5) is 5.13 Å². The van der Waals surface area contributed by atoms with Crippen LogP contribution in [0.3, 0.4) is 0 Å². The van der Waals surface area contributed by atoms with Crippen molar-refractivity contribution in [2.75, 3.05) is 19.5 Å². The molecule has 0 saturated heterocycles. The lowest BCUT2D eigenvalue weighted by Gasteiger charge is -2.10. The molecule has 0 aliphatic heterocycles. The highest BCUT2D eigenvalue weighted by molar-refractivity contribution is 7.16. The van der Waals surface area contributed by atoms with Gasteiger partial charge in [0.1, 0.15) is 11.5 Å². The third-order valence-electron chi connectivity index (χ3n) is 4.18. The predicted molar refractivity (Wildman–Crippen MR) is 114 cm³/mol. The highest BCUT2D eigenvalue weighted by Gasteiger charge is 2.19. The quantitative estimate of drug-likeness (QED) is 0.537. The Kier molecular flexibility index (Phi) is 6.54. The van der Waals surface area contributed by atoms with Gasteiger partial charge in [0, 0.05) is 10.4 Å². The first-order valence-corrected chi connectivity index (χ1v) is 10.0. The fourth-order valence-corrected chi connectivity index (χ4v) is 4.12. The zero-order chi connectivity index (χ0) is 20.1. The van der Waals surface area contributed by atoms with Crippen molar-refractivity contribution in [3.8, 4) is 22.8 Å². The number of nitrogens with zero attached hydrogens (tertiary/aromatic N) is 1. The topological polar surface area (TPSA) is 60.5 Å². The van der Waals surface area contributed by atoms with Gasteiger partial charge in [-0.1, -0.05) is 37.1 Å². The third-order valence-corrected chi connectivity index (χ3v) is 5.54. The second-order valence-electron chi connectivity index (χ2n) is 6.04. The Hall–Kier alpha value is -2.57. The number of halogens is 1. The summed E-state index contributed by atoms with van der Waals surface area (Å²) in [5, 5.41) is 3.79. The molecule has 0 unspecified atom stereocenters. The monoisotopic (exact) mass is 416 g/mol. The Morgan fingerprint density at radius 3 is 2.64 bits per heavy atom. The molecule has 5 nitrogen and oxygen atoms in total. The Labute approximate surface area is 173 Å². The highest BCUT2D eigenvalue weighted by atomic mass is 35.5. The van der Waals surface area contributed by atoms with Gasteiger partial charge in [-0.3, -0.25) is 10.1 Å². The maximum Gasteiger partial charge on any atom is 0.258 e. The number of ether oxygens (including phenoxy) is 2. The SMILES string of the molecule is CCCc1sc(NC(=O)c2ccccc2Cl)nc1-c1cc(OC)ccc1OC. The largest absolute Gasteiger partial charge is 0.497 e. The number of anilines is 1. The normalized spacial score (nSPS) is 10.6. The molecule has 1 amide bonds. The molecule has 1 N–H and O–H groups in total. The average Bonchev–Trinajstić information content (AvgIpc) is 3.10. The van der Waals surface area contributed by atoms with Crippen LogP contribution in [0, 0.1) is 0 Å². The van der Waals surface area contributed by atoms with Crippen molar-refractivity contribution >= 4 is 34.0 Å². The highest BCUT2D eigenvalue weighted by Crippen LogP contribution is 2.39. The predicted octanol–water partition coefficient (Wildman–Crippen LogP) is 5.69. The maximum absolute atomic E-state index is 12.6. The minimum atomic E-state index is -0.286. The van der Waals surface area contributed by atoms with E-state index < -0.39 is 0 Å². The molecule has 1 aromatic heterocycles. The molecule has 2 aromatic carbocycles. The summed E-state index contributed by atoms with van der Waals surface area (Å²) < 4.78 is 10.9. The lowest BCUT2D eigenvalue weighted by atomic mass is 10.1. The summed E-state index contributed by atoms with van der Waals surface area (Å²) in [7, 11) is 3.24. The number of benzene rings is 2. The summed E-state index contributed by atoms with van der Waals surface area (Å²) in [6.45, 7) is 2.11. The van der Waals surface area contributed by atoms with Gasteiger partial charge in [0.15, 0.2) is 5.13 Å².